The number of nitrogens with one attached hydrogen (secondary N) is 1. The number of methoxy groups -OCH3 is 1. The van der Waals surface area contributed by atoms with Gasteiger partial charge in [0.1, 0.15) is 35.7 Å². The lowest BCUT2D eigenvalue weighted by Gasteiger charge is -2.65. The number of hydrogen-bond acceptors (Lipinski definition) is 15. The van der Waals surface area contributed by atoms with E-state index in [1.807, 2.05) is 0 Å². The Labute approximate surface area is 369 Å². The normalized spacial score (nSPS) is 30.6. The number of carbonyl (C=O) groups is 7. The van der Waals surface area contributed by atoms with Crippen molar-refractivity contribution in [1.29, 1.82) is 0 Å². The van der Waals surface area contributed by atoms with Gasteiger partial charge in [-0.25, -0.2) is 9.59 Å². The molecule has 1 saturated heterocycles. The predicted octanol–water partition coefficient (Wildman–Crippen LogP) is 3.92. The molecule has 10 atom stereocenters. The van der Waals surface area contributed by atoms with Gasteiger partial charge in [0.2, 0.25) is 0 Å². The van der Waals surface area contributed by atoms with Crippen LogP contribution < -0.4 is 5.32 Å². The molecule has 1 aliphatic heterocycles. The Hall–Kier alpha value is -6.07. The van der Waals surface area contributed by atoms with Crippen LogP contribution in [0.4, 0.5) is 0 Å². The number of benzene rings is 3. The maximum absolute atomic E-state index is 15.5. The molecule has 16 heteroatoms. The van der Waals surface area contributed by atoms with Crippen molar-refractivity contribution in [3.05, 3.63) is 119 Å². The second-order valence-electron chi connectivity index (χ2n) is 17.5. The van der Waals surface area contributed by atoms with E-state index in [9.17, 15) is 39.0 Å². The first kappa shape index (κ1) is 45.9. The summed E-state index contributed by atoms with van der Waals surface area (Å²) in [5, 5.41) is 28.7. The number of fused-ring (bicyclic) bond motifs is 5. The number of amides is 1. The summed E-state index contributed by atoms with van der Waals surface area (Å²) < 4.78 is 35.7. The van der Waals surface area contributed by atoms with E-state index in [0.29, 0.717) is 0 Å². The van der Waals surface area contributed by atoms with Crippen molar-refractivity contribution in [1.82, 2.24) is 5.32 Å². The van der Waals surface area contributed by atoms with Crippen molar-refractivity contribution in [2.24, 2.45) is 16.7 Å². The summed E-state index contributed by atoms with van der Waals surface area (Å²) in [6.45, 7) is 7.61. The largest absolute Gasteiger partial charge is 0.455 e. The molecule has 3 N–H and O–H groups in total. The maximum Gasteiger partial charge on any atom is 0.369 e. The molecule has 1 heterocycles. The summed E-state index contributed by atoms with van der Waals surface area (Å²) in [6, 6.07) is 22.2. The van der Waals surface area contributed by atoms with Crippen LogP contribution in [-0.2, 0) is 52.4 Å². The first-order valence-corrected chi connectivity index (χ1v) is 20.8. The van der Waals surface area contributed by atoms with E-state index in [0.717, 1.165) is 21.0 Å². The van der Waals surface area contributed by atoms with Crippen LogP contribution in [0, 0.1) is 16.7 Å². The minimum absolute atomic E-state index is 0.0299. The van der Waals surface area contributed by atoms with Gasteiger partial charge in [0.15, 0.2) is 17.5 Å². The number of ether oxygens (including phenoxy) is 6. The Bertz CT molecular complexity index is 2400. The lowest BCUT2D eigenvalue weighted by molar-refractivity contribution is -0.323. The van der Waals surface area contributed by atoms with Gasteiger partial charge in [-0.15, -0.1) is 0 Å². The Kier molecular flexibility index (Phi) is 12.1. The van der Waals surface area contributed by atoms with Gasteiger partial charge in [-0.2, -0.15) is 0 Å². The van der Waals surface area contributed by atoms with Crippen molar-refractivity contribution in [2.75, 3.05) is 13.7 Å². The van der Waals surface area contributed by atoms with E-state index in [-0.39, 0.29) is 34.4 Å². The van der Waals surface area contributed by atoms with Gasteiger partial charge in [0.25, 0.3) is 11.7 Å². The summed E-state index contributed by atoms with van der Waals surface area (Å²) in [7, 11) is 1.03. The SMILES string of the molecule is COC(O)(C(=O)O[C@H]1C[C@@]2(O)[C@@H](OC(=O)c3ccccc3)[C@H]3[C@@](C)(C(=O)C[C@H]4OC[C@]43OC(C)=O)C(=O)[C@H](OC(C)=O)C(=C1C)C2(C)C)[C@@H](NC(=O)c1ccccc1)c1ccccc1. The summed E-state index contributed by atoms with van der Waals surface area (Å²) in [5.74, 6) is -11.2. The molecule has 64 heavy (non-hydrogen) atoms. The number of aliphatic hydroxyl groups is 2. The third kappa shape index (κ3) is 7.31. The van der Waals surface area contributed by atoms with Crippen molar-refractivity contribution < 1.29 is 72.2 Å². The van der Waals surface area contributed by atoms with Gasteiger partial charge in [-0.05, 0) is 54.8 Å². The third-order valence-corrected chi connectivity index (χ3v) is 13.6. The number of Topliss-reactive ketones (excluding diaryl/α,β-unsaturated/α-hetero) is 2. The molecule has 2 bridgehead atoms. The van der Waals surface area contributed by atoms with Crippen molar-refractivity contribution in [3.63, 3.8) is 0 Å². The molecule has 3 fully saturated rings. The van der Waals surface area contributed by atoms with Crippen LogP contribution in [0.3, 0.4) is 0 Å². The third-order valence-electron chi connectivity index (χ3n) is 13.6. The van der Waals surface area contributed by atoms with Crippen LogP contribution in [0.25, 0.3) is 0 Å². The molecule has 0 spiro atoms. The molecule has 2 saturated carbocycles. The molecule has 3 aromatic carbocycles. The zero-order chi connectivity index (χ0) is 46.6. The fraction of sp³-hybridized carbons (Fsp3) is 0.438. The highest BCUT2D eigenvalue weighted by Gasteiger charge is 2.78. The fourth-order valence-electron chi connectivity index (χ4n) is 10.2. The first-order valence-electron chi connectivity index (χ1n) is 20.8. The maximum atomic E-state index is 15.5. The standard InChI is InChI=1S/C48H51NO15/c1-26-32(62-43(56)48(58,59-7)38(29-17-11-8-12-18-29)49-41(54)30-19-13-9-14-20-30)24-47(57)40(63-42(55)31-21-15-10-16-22-31)37-45(6,33(52)23-34-46(37,25-60-34)64-28(3)51)39(53)36(61-27(2)50)35(26)44(47,4)5/h8-22,32,34,36-38,40,57-58H,23-25H2,1-7H3,(H,49,54)/t32-,34+,36+,37-,38-,40-,45+,46-,47+,48?/m0/s1. The number of hydrogen-bond donors (Lipinski definition) is 3. The van der Waals surface area contributed by atoms with Crippen molar-refractivity contribution in [3.8, 4) is 0 Å². The van der Waals surface area contributed by atoms with Gasteiger partial charge in [-0.3, -0.25) is 24.0 Å². The smallest absolute Gasteiger partial charge is 0.369 e. The Balaban J connectivity index is 1.42. The number of carbonyl (C=O) groups excluding carboxylic acids is 7. The van der Waals surface area contributed by atoms with Crippen LogP contribution >= 0.6 is 0 Å². The molecule has 7 rings (SSSR count). The van der Waals surface area contributed by atoms with E-state index in [2.05, 4.69) is 5.32 Å². The second kappa shape index (κ2) is 16.8. The van der Waals surface area contributed by atoms with Crippen LogP contribution in [0.15, 0.2) is 102 Å². The highest BCUT2D eigenvalue weighted by Crippen LogP contribution is 2.63. The van der Waals surface area contributed by atoms with Crippen LogP contribution in [-0.4, -0.2) is 107 Å². The predicted molar refractivity (Wildman–Crippen MR) is 223 cm³/mol. The summed E-state index contributed by atoms with van der Waals surface area (Å²) >= 11 is 0. The zero-order valence-electron chi connectivity index (χ0n) is 36.4. The van der Waals surface area contributed by atoms with Crippen LogP contribution in [0.2, 0.25) is 0 Å². The molecule has 0 radical (unpaired) electrons. The highest BCUT2D eigenvalue weighted by atomic mass is 16.7. The molecular formula is C48H51NO15. The lowest BCUT2D eigenvalue weighted by Crippen LogP contribution is -2.81. The fourth-order valence-corrected chi connectivity index (χ4v) is 10.2. The van der Waals surface area contributed by atoms with E-state index < -0.39 is 118 Å². The summed E-state index contributed by atoms with van der Waals surface area (Å²) in [5.41, 5.74) is -7.89. The van der Waals surface area contributed by atoms with Crippen molar-refractivity contribution >= 4 is 41.4 Å². The second-order valence-corrected chi connectivity index (χ2v) is 17.5. The summed E-state index contributed by atoms with van der Waals surface area (Å²) in [4.78, 5) is 98.8. The molecule has 338 valence electrons. The van der Waals surface area contributed by atoms with Crippen LogP contribution in [0.5, 0.6) is 0 Å². The van der Waals surface area contributed by atoms with Crippen molar-refractivity contribution in [2.45, 2.75) is 102 Å². The Morgan fingerprint density at radius 2 is 1.41 bits per heavy atom. The van der Waals surface area contributed by atoms with Gasteiger partial charge < -0.3 is 44.0 Å². The molecule has 3 aromatic rings. The summed E-state index contributed by atoms with van der Waals surface area (Å²) in [6.07, 6.45) is -7.66. The Morgan fingerprint density at radius 1 is 0.828 bits per heavy atom. The molecule has 3 aliphatic carbocycles. The molecule has 1 unspecified atom stereocenters. The van der Waals surface area contributed by atoms with E-state index in [4.69, 9.17) is 28.4 Å². The van der Waals surface area contributed by atoms with E-state index in [1.165, 1.54) is 52.0 Å². The zero-order valence-corrected chi connectivity index (χ0v) is 36.4. The van der Waals surface area contributed by atoms with E-state index >= 15 is 4.79 Å². The molecule has 0 aromatic heterocycles. The van der Waals surface area contributed by atoms with Gasteiger partial charge >= 0.3 is 23.9 Å². The average Bonchev–Trinajstić information content (AvgIpc) is 3.26. The molecular weight excluding hydrogens is 831 g/mol. The quantitative estimate of drug-likeness (QED) is 0.0816. The molecule has 16 nitrogen and oxygen atoms in total. The first-order chi connectivity index (χ1) is 30.2. The van der Waals surface area contributed by atoms with Gasteiger partial charge in [0.05, 0.1) is 23.5 Å². The number of esters is 4. The van der Waals surface area contributed by atoms with Gasteiger partial charge in [0, 0.05) is 44.8 Å². The number of ketones is 2. The number of rotatable bonds is 11. The monoisotopic (exact) mass is 881 g/mol. The Morgan fingerprint density at radius 3 is 1.94 bits per heavy atom. The minimum Gasteiger partial charge on any atom is -0.455 e. The molecule has 4 aliphatic rings. The van der Waals surface area contributed by atoms with Gasteiger partial charge in [-0.1, -0.05) is 80.6 Å². The topological polar surface area (TPSA) is 227 Å². The molecule has 1 amide bonds. The van der Waals surface area contributed by atoms with Crippen LogP contribution in [0.1, 0.15) is 86.7 Å². The highest BCUT2D eigenvalue weighted by molar-refractivity contribution is 6.12. The lowest BCUT2D eigenvalue weighted by atomic mass is 9.45. The average molecular weight is 882 g/mol. The minimum atomic E-state index is -2.97. The van der Waals surface area contributed by atoms with E-state index in [1.54, 1.807) is 66.7 Å².